The first-order valence-corrected chi connectivity index (χ1v) is 14.4. The van der Waals surface area contributed by atoms with Crippen LogP contribution in [-0.2, 0) is 27.7 Å². The van der Waals surface area contributed by atoms with Gasteiger partial charge in [-0.05, 0) is 36.3 Å². The van der Waals surface area contributed by atoms with Gasteiger partial charge in [0, 0.05) is 26.9 Å². The number of anilines is 1. The molecular formula is C27H31F2N7O4S. The molecule has 0 spiro atoms. The van der Waals surface area contributed by atoms with E-state index < -0.39 is 37.8 Å². The molecule has 41 heavy (non-hydrogen) atoms. The van der Waals surface area contributed by atoms with E-state index >= 15 is 8.78 Å². The molecule has 0 aliphatic carbocycles. The van der Waals surface area contributed by atoms with Gasteiger partial charge in [-0.3, -0.25) is 14.5 Å². The number of benzene rings is 2. The molecule has 0 saturated carbocycles. The predicted molar refractivity (Wildman–Crippen MR) is 151 cm³/mol. The van der Waals surface area contributed by atoms with Gasteiger partial charge in [-0.15, -0.1) is 5.10 Å². The minimum atomic E-state index is -4.37. The predicted octanol–water partition coefficient (Wildman–Crippen LogP) is 2.14. The molecule has 14 heteroatoms. The standard InChI is InChI=1S/C27H31F2N7O4S/c1-5-35(6-2)15-18(37)11-16-7-9-17(10-8-16)12-22-31-25-23(27(38)32-22)26(34(3)4)33-36(25)24-20(28)13-19(14-21(24)29)41(30,39)40/h7-10,13-14H,5-6,11-12,15H2,1-4H3,(H2,30,39,40)(H,31,32,38). The molecule has 0 amide bonds. The summed E-state index contributed by atoms with van der Waals surface area (Å²) in [6.45, 7) is 5.99. The number of nitrogens with two attached hydrogens (primary N) is 1. The maximum atomic E-state index is 15.1. The van der Waals surface area contributed by atoms with Crippen molar-refractivity contribution in [2.75, 3.05) is 38.6 Å². The number of primary sulfonamides is 1. The monoisotopic (exact) mass is 587 g/mol. The van der Waals surface area contributed by atoms with Crippen LogP contribution in [0.25, 0.3) is 16.7 Å². The van der Waals surface area contributed by atoms with Gasteiger partial charge in [0.05, 0.1) is 11.4 Å². The van der Waals surface area contributed by atoms with Gasteiger partial charge in [0.15, 0.2) is 28.9 Å². The molecular weight excluding hydrogens is 556 g/mol. The highest BCUT2D eigenvalue weighted by Crippen LogP contribution is 2.28. The Balaban J connectivity index is 1.70. The van der Waals surface area contributed by atoms with Crippen LogP contribution in [0.5, 0.6) is 0 Å². The molecule has 0 radical (unpaired) electrons. The molecule has 11 nitrogen and oxygen atoms in total. The first-order chi connectivity index (χ1) is 19.3. The van der Waals surface area contributed by atoms with Crippen LogP contribution in [0.1, 0.15) is 30.8 Å². The topological polar surface area (TPSA) is 147 Å². The second-order valence-corrected chi connectivity index (χ2v) is 11.4. The average Bonchev–Trinajstić information content (AvgIpc) is 3.27. The van der Waals surface area contributed by atoms with Gasteiger partial charge in [-0.1, -0.05) is 38.1 Å². The van der Waals surface area contributed by atoms with Crippen LogP contribution in [0.2, 0.25) is 0 Å². The molecule has 2 heterocycles. The summed E-state index contributed by atoms with van der Waals surface area (Å²) >= 11 is 0. The van der Waals surface area contributed by atoms with E-state index in [1.807, 2.05) is 43.0 Å². The minimum Gasteiger partial charge on any atom is -0.361 e. The molecule has 0 aliphatic heterocycles. The van der Waals surface area contributed by atoms with Crippen molar-refractivity contribution in [3.8, 4) is 5.69 Å². The second-order valence-electron chi connectivity index (χ2n) is 9.79. The number of rotatable bonds is 11. The maximum absolute atomic E-state index is 15.1. The number of nitrogens with zero attached hydrogens (tertiary/aromatic N) is 5. The van der Waals surface area contributed by atoms with Gasteiger partial charge in [0.2, 0.25) is 10.0 Å². The highest BCUT2D eigenvalue weighted by Gasteiger charge is 2.25. The summed E-state index contributed by atoms with van der Waals surface area (Å²) in [6, 6.07) is 8.46. The fraction of sp³-hybridized carbons (Fsp3) is 0.333. The molecule has 0 aliphatic rings. The first kappa shape index (κ1) is 30.0. The Hall–Kier alpha value is -4.01. The largest absolute Gasteiger partial charge is 0.361 e. The fourth-order valence-corrected chi connectivity index (χ4v) is 5.00. The summed E-state index contributed by atoms with van der Waals surface area (Å²) in [5.41, 5.74) is 0.234. The third-order valence-corrected chi connectivity index (χ3v) is 7.51. The van der Waals surface area contributed by atoms with Crippen LogP contribution in [0.4, 0.5) is 14.6 Å². The Morgan fingerprint density at radius 2 is 1.63 bits per heavy atom. The zero-order chi connectivity index (χ0) is 30.1. The molecule has 0 fully saturated rings. The molecule has 4 aromatic rings. The fourth-order valence-electron chi connectivity index (χ4n) is 4.46. The van der Waals surface area contributed by atoms with Gasteiger partial charge < -0.3 is 9.88 Å². The number of hydrogen-bond acceptors (Lipinski definition) is 8. The number of fused-ring (bicyclic) bond motifs is 1. The molecule has 0 atom stereocenters. The van der Waals surface area contributed by atoms with E-state index in [0.717, 1.165) is 28.9 Å². The second kappa shape index (κ2) is 11.8. The van der Waals surface area contributed by atoms with Crippen molar-refractivity contribution in [1.29, 1.82) is 0 Å². The lowest BCUT2D eigenvalue weighted by Crippen LogP contribution is -2.30. The number of ketones is 1. The van der Waals surface area contributed by atoms with Gasteiger partial charge >= 0.3 is 0 Å². The first-order valence-electron chi connectivity index (χ1n) is 12.9. The molecule has 4 rings (SSSR count). The van der Waals surface area contributed by atoms with Crippen molar-refractivity contribution < 1.29 is 22.0 Å². The lowest BCUT2D eigenvalue weighted by Gasteiger charge is -2.16. The number of nitrogens with one attached hydrogen (secondary N) is 1. The van der Waals surface area contributed by atoms with Crippen LogP contribution in [0.3, 0.4) is 0 Å². The van der Waals surface area contributed by atoms with Gasteiger partial charge in [-0.2, -0.15) is 0 Å². The van der Waals surface area contributed by atoms with Crippen LogP contribution in [-0.4, -0.2) is 72.6 Å². The lowest BCUT2D eigenvalue weighted by atomic mass is 10.0. The van der Waals surface area contributed by atoms with Gasteiger partial charge in [-0.25, -0.2) is 32.0 Å². The molecule has 0 saturated heterocycles. The number of aromatic amines is 1. The normalized spacial score (nSPS) is 11.9. The molecule has 3 N–H and O–H groups in total. The van der Waals surface area contributed by atoms with Crippen molar-refractivity contribution >= 4 is 32.7 Å². The smallest absolute Gasteiger partial charge is 0.264 e. The minimum absolute atomic E-state index is 0.00450. The number of likely N-dealkylation sites (N-methyl/N-ethyl adjacent to an activating group) is 1. The SMILES string of the molecule is CCN(CC)CC(=O)Cc1ccc(Cc2nc3c(c(N(C)C)nn3-c3c(F)cc(S(N)(=O)=O)cc3F)c(=O)[nH]2)cc1. The van der Waals surface area contributed by atoms with E-state index in [2.05, 4.69) is 15.1 Å². The number of carbonyl (C=O) groups excluding carboxylic acids is 1. The van der Waals surface area contributed by atoms with E-state index in [1.54, 1.807) is 14.1 Å². The number of hydrogen-bond donors (Lipinski definition) is 2. The third kappa shape index (κ3) is 6.50. The number of carbonyl (C=O) groups is 1. The highest BCUT2D eigenvalue weighted by molar-refractivity contribution is 7.89. The van der Waals surface area contributed by atoms with E-state index in [-0.39, 0.29) is 34.9 Å². The van der Waals surface area contributed by atoms with Crippen molar-refractivity contribution in [2.24, 2.45) is 5.14 Å². The zero-order valence-electron chi connectivity index (χ0n) is 23.1. The number of H-pyrrole nitrogens is 1. The number of halogens is 2. The summed E-state index contributed by atoms with van der Waals surface area (Å²) < 4.78 is 54.3. The van der Waals surface area contributed by atoms with Gasteiger partial charge in [0.25, 0.3) is 5.56 Å². The summed E-state index contributed by atoms with van der Waals surface area (Å²) in [7, 11) is -1.17. The number of sulfonamides is 1. The summed E-state index contributed by atoms with van der Waals surface area (Å²) in [6.07, 6.45) is 0.475. The molecule has 0 unspecified atom stereocenters. The highest BCUT2D eigenvalue weighted by atomic mass is 32.2. The Morgan fingerprint density at radius 3 is 2.17 bits per heavy atom. The van der Waals surface area contributed by atoms with Crippen LogP contribution < -0.4 is 15.6 Å². The van der Waals surface area contributed by atoms with E-state index in [0.29, 0.717) is 25.1 Å². The summed E-state index contributed by atoms with van der Waals surface area (Å²) in [5.74, 6) is -2.08. The quantitative estimate of drug-likeness (QED) is 0.271. The summed E-state index contributed by atoms with van der Waals surface area (Å²) in [5, 5.41) is 9.24. The van der Waals surface area contributed by atoms with E-state index in [4.69, 9.17) is 5.14 Å². The van der Waals surface area contributed by atoms with Crippen LogP contribution in [0.15, 0.2) is 46.1 Å². The van der Waals surface area contributed by atoms with Crippen molar-refractivity contribution in [1.82, 2.24) is 24.6 Å². The van der Waals surface area contributed by atoms with Crippen molar-refractivity contribution in [3.05, 3.63) is 75.3 Å². The Bertz CT molecular complexity index is 1740. The van der Waals surface area contributed by atoms with Gasteiger partial charge in [0.1, 0.15) is 16.9 Å². The molecule has 218 valence electrons. The average molecular weight is 588 g/mol. The molecule has 2 aromatic carbocycles. The van der Waals surface area contributed by atoms with Crippen LogP contribution >= 0.6 is 0 Å². The van der Waals surface area contributed by atoms with E-state index in [9.17, 15) is 18.0 Å². The Kier molecular flexibility index (Phi) is 8.66. The molecule has 0 bridgehead atoms. The third-order valence-electron chi connectivity index (χ3n) is 6.61. The van der Waals surface area contributed by atoms with Crippen LogP contribution in [0, 0.1) is 11.6 Å². The van der Waals surface area contributed by atoms with Crippen molar-refractivity contribution in [3.63, 3.8) is 0 Å². The molecule has 2 aromatic heterocycles. The maximum Gasteiger partial charge on any atom is 0.264 e. The summed E-state index contributed by atoms with van der Waals surface area (Å²) in [4.78, 5) is 35.5. The zero-order valence-corrected chi connectivity index (χ0v) is 23.9. The number of Topliss-reactive ketones (excluding diaryl/α,β-unsaturated/α-hetero) is 1. The Morgan fingerprint density at radius 1 is 1.05 bits per heavy atom. The van der Waals surface area contributed by atoms with Crippen molar-refractivity contribution in [2.45, 2.75) is 31.6 Å². The Labute approximate surface area is 235 Å². The number of aromatic nitrogens is 4. The lowest BCUT2D eigenvalue weighted by molar-refractivity contribution is -0.119. The van der Waals surface area contributed by atoms with E-state index in [1.165, 1.54) is 4.90 Å².